The SMILES string of the molecule is Cc1ccc2oc(Nc3ccc(-c4ccc(C(=O)C5CCCC5C(=O)O)cc4)cc3F)nc2c1. The first-order valence-corrected chi connectivity index (χ1v) is 11.2. The number of hydrogen-bond donors (Lipinski definition) is 2. The Morgan fingerprint density at radius 2 is 1.74 bits per heavy atom. The summed E-state index contributed by atoms with van der Waals surface area (Å²) in [4.78, 5) is 28.6. The highest BCUT2D eigenvalue weighted by Gasteiger charge is 2.37. The van der Waals surface area contributed by atoms with E-state index in [1.54, 1.807) is 36.4 Å². The van der Waals surface area contributed by atoms with Crippen LogP contribution in [-0.4, -0.2) is 21.8 Å². The molecule has 0 spiro atoms. The highest BCUT2D eigenvalue weighted by Crippen LogP contribution is 2.35. The summed E-state index contributed by atoms with van der Waals surface area (Å²) in [6.45, 7) is 1.96. The fourth-order valence-corrected chi connectivity index (χ4v) is 4.61. The Morgan fingerprint density at radius 3 is 2.47 bits per heavy atom. The van der Waals surface area contributed by atoms with Crippen LogP contribution < -0.4 is 5.32 Å². The number of carboxylic acid groups (broad SMARTS) is 1. The lowest BCUT2D eigenvalue weighted by Crippen LogP contribution is -2.25. The van der Waals surface area contributed by atoms with Crippen molar-refractivity contribution in [3.63, 3.8) is 0 Å². The first-order valence-electron chi connectivity index (χ1n) is 11.2. The predicted molar refractivity (Wildman–Crippen MR) is 127 cm³/mol. The van der Waals surface area contributed by atoms with Crippen LogP contribution in [-0.2, 0) is 4.79 Å². The first-order chi connectivity index (χ1) is 16.4. The maximum absolute atomic E-state index is 14.8. The summed E-state index contributed by atoms with van der Waals surface area (Å²) in [6, 6.07) is 17.5. The van der Waals surface area contributed by atoms with Crippen LogP contribution >= 0.6 is 0 Å². The third-order valence-electron chi connectivity index (χ3n) is 6.43. The number of oxazole rings is 1. The molecule has 7 heteroatoms. The molecular formula is C27H23FN2O4. The van der Waals surface area contributed by atoms with E-state index in [1.807, 2.05) is 25.1 Å². The van der Waals surface area contributed by atoms with E-state index in [0.29, 0.717) is 35.1 Å². The Hall–Kier alpha value is -4.00. The zero-order valence-corrected chi connectivity index (χ0v) is 18.5. The van der Waals surface area contributed by atoms with Crippen molar-refractivity contribution in [2.24, 2.45) is 11.8 Å². The van der Waals surface area contributed by atoms with Crippen LogP contribution in [0.4, 0.5) is 16.1 Å². The van der Waals surface area contributed by atoms with E-state index < -0.39 is 23.6 Å². The minimum atomic E-state index is -0.912. The normalized spacial score (nSPS) is 17.7. The average Bonchev–Trinajstić information content (AvgIpc) is 3.47. The number of aliphatic carboxylic acids is 1. The molecule has 0 radical (unpaired) electrons. The largest absolute Gasteiger partial charge is 0.481 e. The van der Waals surface area contributed by atoms with Crippen LogP contribution in [0, 0.1) is 24.6 Å². The summed E-state index contributed by atoms with van der Waals surface area (Å²) in [5.41, 5.74) is 4.49. The number of rotatable bonds is 6. The van der Waals surface area contributed by atoms with Gasteiger partial charge in [0.15, 0.2) is 11.4 Å². The number of carbonyl (C=O) groups excluding carboxylic acids is 1. The summed E-state index contributed by atoms with van der Waals surface area (Å²) >= 11 is 0. The number of nitrogens with one attached hydrogen (secondary N) is 1. The van der Waals surface area contributed by atoms with E-state index in [-0.39, 0.29) is 17.5 Å². The molecular weight excluding hydrogens is 435 g/mol. The molecule has 1 aliphatic rings. The van der Waals surface area contributed by atoms with Crippen molar-refractivity contribution in [1.29, 1.82) is 0 Å². The van der Waals surface area contributed by atoms with Gasteiger partial charge in [-0.05, 0) is 60.7 Å². The van der Waals surface area contributed by atoms with Gasteiger partial charge in [-0.25, -0.2) is 4.39 Å². The molecule has 6 nitrogen and oxygen atoms in total. The fraction of sp³-hybridized carbons (Fsp3) is 0.222. The summed E-state index contributed by atoms with van der Waals surface area (Å²) < 4.78 is 20.5. The molecule has 0 amide bonds. The lowest BCUT2D eigenvalue weighted by Gasteiger charge is -2.14. The van der Waals surface area contributed by atoms with Gasteiger partial charge in [-0.3, -0.25) is 9.59 Å². The number of nitrogens with zero attached hydrogens (tertiary/aromatic N) is 1. The number of anilines is 2. The number of ketones is 1. The van der Waals surface area contributed by atoms with Crippen LogP contribution in [0.3, 0.4) is 0 Å². The molecule has 0 bridgehead atoms. The van der Waals surface area contributed by atoms with Crippen LogP contribution in [0.2, 0.25) is 0 Å². The van der Waals surface area contributed by atoms with Crippen molar-refractivity contribution in [3.05, 3.63) is 77.6 Å². The fourth-order valence-electron chi connectivity index (χ4n) is 4.61. The van der Waals surface area contributed by atoms with Gasteiger partial charge in [0.25, 0.3) is 6.01 Å². The van der Waals surface area contributed by atoms with Crippen molar-refractivity contribution < 1.29 is 23.5 Å². The number of carbonyl (C=O) groups is 2. The van der Waals surface area contributed by atoms with Crippen molar-refractivity contribution in [1.82, 2.24) is 4.98 Å². The molecule has 2 atom stereocenters. The molecule has 1 fully saturated rings. The van der Waals surface area contributed by atoms with Gasteiger partial charge in [0.1, 0.15) is 11.3 Å². The van der Waals surface area contributed by atoms with E-state index in [0.717, 1.165) is 17.5 Å². The molecule has 1 heterocycles. The number of carboxylic acids is 1. The minimum absolute atomic E-state index is 0.143. The molecule has 0 aliphatic heterocycles. The maximum atomic E-state index is 14.8. The van der Waals surface area contributed by atoms with Gasteiger partial charge in [0, 0.05) is 11.5 Å². The average molecular weight is 458 g/mol. The van der Waals surface area contributed by atoms with Gasteiger partial charge in [-0.15, -0.1) is 0 Å². The number of hydrogen-bond acceptors (Lipinski definition) is 5. The quantitative estimate of drug-likeness (QED) is 0.326. The highest BCUT2D eigenvalue weighted by molar-refractivity contribution is 6.00. The van der Waals surface area contributed by atoms with Gasteiger partial charge in [0.2, 0.25) is 0 Å². The maximum Gasteiger partial charge on any atom is 0.307 e. The second-order valence-corrected chi connectivity index (χ2v) is 8.73. The van der Waals surface area contributed by atoms with Crippen molar-refractivity contribution in [2.45, 2.75) is 26.2 Å². The zero-order valence-electron chi connectivity index (χ0n) is 18.5. The molecule has 4 aromatic rings. The van der Waals surface area contributed by atoms with Gasteiger partial charge in [-0.2, -0.15) is 4.98 Å². The molecule has 1 aromatic heterocycles. The summed E-state index contributed by atoms with van der Waals surface area (Å²) in [6.07, 6.45) is 1.87. The van der Waals surface area contributed by atoms with Gasteiger partial charge in [0.05, 0.1) is 11.6 Å². The number of benzene rings is 3. The number of aromatic nitrogens is 1. The lowest BCUT2D eigenvalue weighted by molar-refractivity contribution is -0.142. The van der Waals surface area contributed by atoms with Crippen LogP contribution in [0.15, 0.2) is 65.1 Å². The molecule has 2 unspecified atom stereocenters. The van der Waals surface area contributed by atoms with E-state index in [1.165, 1.54) is 6.07 Å². The second-order valence-electron chi connectivity index (χ2n) is 8.73. The van der Waals surface area contributed by atoms with Crippen molar-refractivity contribution in [3.8, 4) is 11.1 Å². The Kier molecular flexibility index (Phi) is 5.61. The standard InChI is InChI=1S/C27H23FN2O4/c1-15-5-12-24-23(13-15)30-27(34-24)29-22-11-10-18(14-21(22)28)16-6-8-17(9-7-16)25(31)19-3-2-4-20(19)26(32)33/h5-14,19-20H,2-4H2,1H3,(H,29,30)(H,32,33). The van der Waals surface area contributed by atoms with Gasteiger partial charge >= 0.3 is 5.97 Å². The smallest absolute Gasteiger partial charge is 0.307 e. The summed E-state index contributed by atoms with van der Waals surface area (Å²) in [7, 11) is 0. The van der Waals surface area contributed by atoms with E-state index in [4.69, 9.17) is 4.42 Å². The van der Waals surface area contributed by atoms with Crippen LogP contribution in [0.1, 0.15) is 35.2 Å². The van der Waals surface area contributed by atoms with Gasteiger partial charge < -0.3 is 14.8 Å². The summed E-state index contributed by atoms with van der Waals surface area (Å²) in [5.74, 6) is -2.62. The monoisotopic (exact) mass is 458 g/mol. The number of fused-ring (bicyclic) bond motifs is 1. The molecule has 2 N–H and O–H groups in total. The molecule has 3 aromatic carbocycles. The topological polar surface area (TPSA) is 92.4 Å². The lowest BCUT2D eigenvalue weighted by atomic mass is 9.88. The van der Waals surface area contributed by atoms with E-state index in [9.17, 15) is 19.1 Å². The van der Waals surface area contributed by atoms with Crippen LogP contribution in [0.5, 0.6) is 0 Å². The van der Waals surface area contributed by atoms with Gasteiger partial charge in [-0.1, -0.05) is 42.8 Å². The molecule has 0 saturated heterocycles. The Balaban J connectivity index is 1.32. The molecule has 1 aliphatic carbocycles. The Bertz CT molecular complexity index is 1390. The molecule has 34 heavy (non-hydrogen) atoms. The Labute approximate surface area is 195 Å². The second kappa shape index (κ2) is 8.74. The number of halogens is 1. The number of aryl methyl sites for hydroxylation is 1. The van der Waals surface area contributed by atoms with Crippen molar-refractivity contribution >= 4 is 34.6 Å². The van der Waals surface area contributed by atoms with E-state index in [2.05, 4.69) is 10.3 Å². The predicted octanol–water partition coefficient (Wildman–Crippen LogP) is 6.37. The van der Waals surface area contributed by atoms with Crippen molar-refractivity contribution in [2.75, 3.05) is 5.32 Å². The zero-order chi connectivity index (χ0) is 23.8. The molecule has 1 saturated carbocycles. The van der Waals surface area contributed by atoms with E-state index >= 15 is 0 Å². The number of Topliss-reactive ketones (excluding diaryl/α,β-unsaturated/α-hetero) is 1. The third-order valence-corrected chi connectivity index (χ3v) is 6.43. The summed E-state index contributed by atoms with van der Waals surface area (Å²) in [5, 5.41) is 12.2. The molecule has 5 rings (SSSR count). The highest BCUT2D eigenvalue weighted by atomic mass is 19.1. The first kappa shape index (κ1) is 21.8. The van der Waals surface area contributed by atoms with Crippen LogP contribution in [0.25, 0.3) is 22.2 Å². The Morgan fingerprint density at radius 1 is 1.00 bits per heavy atom. The third kappa shape index (κ3) is 4.17. The molecule has 172 valence electrons. The minimum Gasteiger partial charge on any atom is -0.481 e.